The molecule has 6 rings (SSSR count). The van der Waals surface area contributed by atoms with Crippen molar-refractivity contribution in [2.24, 2.45) is 5.41 Å². The highest BCUT2D eigenvalue weighted by atomic mass is 19.1. The maximum Gasteiger partial charge on any atom is 0.276 e. The number of carbonyl (C=O) groups excluding carboxylic acids is 1. The summed E-state index contributed by atoms with van der Waals surface area (Å²) < 4.78 is 40.4. The van der Waals surface area contributed by atoms with Crippen LogP contribution in [0, 0.1) is 17.0 Å². The molecule has 4 heterocycles. The molecule has 1 aromatic carbocycles. The molecule has 1 aromatic heterocycles. The average molecular weight is 502 g/mol. The first kappa shape index (κ1) is 23.6. The van der Waals surface area contributed by atoms with Gasteiger partial charge < -0.3 is 24.0 Å². The number of ether oxygens (including phenoxy) is 2. The molecule has 36 heavy (non-hydrogen) atoms. The van der Waals surface area contributed by atoms with Gasteiger partial charge in [-0.25, -0.2) is 8.78 Å². The number of carbonyl (C=O) groups is 1. The van der Waals surface area contributed by atoms with E-state index in [4.69, 9.17) is 9.47 Å². The van der Waals surface area contributed by atoms with Gasteiger partial charge in [0.2, 0.25) is 5.43 Å². The van der Waals surface area contributed by atoms with E-state index in [1.165, 1.54) is 18.6 Å². The fourth-order valence-corrected chi connectivity index (χ4v) is 6.19. The van der Waals surface area contributed by atoms with Gasteiger partial charge in [0.1, 0.15) is 24.0 Å². The van der Waals surface area contributed by atoms with Crippen molar-refractivity contribution in [3.8, 4) is 5.75 Å². The summed E-state index contributed by atoms with van der Waals surface area (Å²) in [5.74, 6) is -2.33. The van der Waals surface area contributed by atoms with Crippen LogP contribution < -0.4 is 10.7 Å². The summed E-state index contributed by atoms with van der Waals surface area (Å²) in [6.07, 6.45) is 5.24. The van der Waals surface area contributed by atoms with Crippen LogP contribution in [0.2, 0.25) is 0 Å². The molecular weight excluding hydrogens is 472 g/mol. The first-order valence-corrected chi connectivity index (χ1v) is 12.5. The van der Waals surface area contributed by atoms with E-state index in [2.05, 4.69) is 12.2 Å². The number of benzene rings is 1. The lowest BCUT2D eigenvalue weighted by Gasteiger charge is -2.55. The Hall–Kier alpha value is -2.82. The van der Waals surface area contributed by atoms with Crippen LogP contribution in [0.4, 0.5) is 8.78 Å². The Balaban J connectivity index is 1.22. The minimum Gasteiger partial charge on any atom is -0.503 e. The molecule has 192 valence electrons. The SMILES string of the molecule is C[C@H]1N2C(=O)c3c(O)c(=O)c(C4OC4NCc4ccc(F)cc4F)cn3C[C@@H]2OCC12CCCCC2. The maximum atomic E-state index is 13.9. The molecule has 2 unspecified atom stereocenters. The summed E-state index contributed by atoms with van der Waals surface area (Å²) in [6, 6.07) is 3.26. The predicted molar refractivity (Wildman–Crippen MR) is 124 cm³/mol. The molecule has 3 fully saturated rings. The third-order valence-corrected chi connectivity index (χ3v) is 8.41. The number of nitrogens with one attached hydrogen (secondary N) is 1. The Kier molecular flexibility index (Phi) is 5.66. The van der Waals surface area contributed by atoms with Gasteiger partial charge in [0, 0.05) is 35.8 Å². The van der Waals surface area contributed by atoms with Gasteiger partial charge in [-0.3, -0.25) is 14.9 Å². The van der Waals surface area contributed by atoms with Crippen LogP contribution >= 0.6 is 0 Å². The van der Waals surface area contributed by atoms with Gasteiger partial charge in [0.25, 0.3) is 5.91 Å². The van der Waals surface area contributed by atoms with Gasteiger partial charge in [-0.2, -0.15) is 0 Å². The molecule has 1 aliphatic carbocycles. The Morgan fingerprint density at radius 2 is 1.97 bits per heavy atom. The van der Waals surface area contributed by atoms with Crippen LogP contribution in [0.25, 0.3) is 0 Å². The van der Waals surface area contributed by atoms with Crippen molar-refractivity contribution < 1.29 is 28.2 Å². The fraction of sp³-hybridized carbons (Fsp3) is 0.538. The molecule has 1 saturated carbocycles. The van der Waals surface area contributed by atoms with E-state index >= 15 is 0 Å². The smallest absolute Gasteiger partial charge is 0.276 e. The number of hydrogen-bond donors (Lipinski definition) is 2. The molecule has 3 aliphatic heterocycles. The Morgan fingerprint density at radius 3 is 2.72 bits per heavy atom. The van der Waals surface area contributed by atoms with E-state index in [9.17, 15) is 23.5 Å². The van der Waals surface area contributed by atoms with Crippen LogP contribution in [0.5, 0.6) is 5.75 Å². The number of aromatic nitrogens is 1. The number of amides is 1. The second kappa shape index (κ2) is 8.64. The normalized spacial score (nSPS) is 28.6. The Bertz CT molecular complexity index is 1270. The molecule has 10 heteroatoms. The van der Waals surface area contributed by atoms with Gasteiger partial charge in [0.15, 0.2) is 17.7 Å². The summed E-state index contributed by atoms with van der Waals surface area (Å²) in [5.41, 5.74) is -0.300. The van der Waals surface area contributed by atoms with Crippen molar-refractivity contribution in [3.63, 3.8) is 0 Å². The number of aromatic hydroxyl groups is 1. The molecule has 4 aliphatic rings. The van der Waals surface area contributed by atoms with Crippen molar-refractivity contribution in [1.82, 2.24) is 14.8 Å². The fourth-order valence-electron chi connectivity index (χ4n) is 6.19. The molecule has 4 atom stereocenters. The topological polar surface area (TPSA) is 96.3 Å². The number of fused-ring (bicyclic) bond motifs is 2. The first-order chi connectivity index (χ1) is 17.3. The Morgan fingerprint density at radius 1 is 1.19 bits per heavy atom. The molecule has 1 amide bonds. The van der Waals surface area contributed by atoms with Gasteiger partial charge in [-0.1, -0.05) is 25.3 Å². The summed E-state index contributed by atoms with van der Waals surface area (Å²) in [5, 5.41) is 13.8. The third kappa shape index (κ3) is 3.74. The van der Waals surface area contributed by atoms with E-state index in [1.807, 2.05) is 0 Å². The number of pyridine rings is 1. The number of hydrogen-bond acceptors (Lipinski definition) is 6. The van der Waals surface area contributed by atoms with Crippen molar-refractivity contribution in [1.29, 1.82) is 0 Å². The molecule has 8 nitrogen and oxygen atoms in total. The molecular formula is C26H29F2N3O5. The number of nitrogens with zero attached hydrogens (tertiary/aromatic N) is 2. The van der Waals surface area contributed by atoms with Gasteiger partial charge in [-0.15, -0.1) is 0 Å². The summed E-state index contributed by atoms with van der Waals surface area (Å²) in [7, 11) is 0. The van der Waals surface area contributed by atoms with E-state index in [0.717, 1.165) is 31.7 Å². The van der Waals surface area contributed by atoms with Crippen LogP contribution in [0.1, 0.15) is 66.7 Å². The summed E-state index contributed by atoms with van der Waals surface area (Å²) in [4.78, 5) is 28.3. The van der Waals surface area contributed by atoms with E-state index in [1.54, 1.807) is 15.7 Å². The van der Waals surface area contributed by atoms with Crippen molar-refractivity contribution in [2.45, 2.75) is 76.7 Å². The minimum absolute atomic E-state index is 0.0261. The van der Waals surface area contributed by atoms with Crippen molar-refractivity contribution >= 4 is 5.91 Å². The highest BCUT2D eigenvalue weighted by molar-refractivity contribution is 5.96. The number of rotatable bonds is 4. The average Bonchev–Trinajstić information content (AvgIpc) is 3.63. The van der Waals surface area contributed by atoms with Crippen molar-refractivity contribution in [3.05, 3.63) is 63.1 Å². The highest BCUT2D eigenvalue weighted by Gasteiger charge is 2.52. The lowest BCUT2D eigenvalue weighted by atomic mass is 9.68. The zero-order valence-corrected chi connectivity index (χ0v) is 20.0. The van der Waals surface area contributed by atoms with E-state index in [0.29, 0.717) is 13.2 Å². The minimum atomic E-state index is -0.675. The third-order valence-electron chi connectivity index (χ3n) is 8.41. The zero-order chi connectivity index (χ0) is 25.2. The first-order valence-electron chi connectivity index (χ1n) is 12.5. The van der Waals surface area contributed by atoms with E-state index in [-0.39, 0.29) is 34.8 Å². The maximum absolute atomic E-state index is 13.9. The van der Waals surface area contributed by atoms with Crippen LogP contribution in [-0.2, 0) is 22.6 Å². The van der Waals surface area contributed by atoms with Gasteiger partial charge in [-0.05, 0) is 25.8 Å². The molecule has 2 saturated heterocycles. The lowest BCUT2D eigenvalue weighted by molar-refractivity contribution is -0.181. The predicted octanol–water partition coefficient (Wildman–Crippen LogP) is 3.17. The van der Waals surface area contributed by atoms with E-state index < -0.39 is 47.3 Å². The largest absolute Gasteiger partial charge is 0.503 e. The molecule has 2 aromatic rings. The van der Waals surface area contributed by atoms with Crippen LogP contribution in [0.3, 0.4) is 0 Å². The Labute approximate surface area is 206 Å². The molecule has 0 radical (unpaired) electrons. The van der Waals surface area contributed by atoms with Gasteiger partial charge >= 0.3 is 0 Å². The summed E-state index contributed by atoms with van der Waals surface area (Å²) >= 11 is 0. The van der Waals surface area contributed by atoms with Crippen LogP contribution in [0.15, 0.2) is 29.2 Å². The highest BCUT2D eigenvalue weighted by Crippen LogP contribution is 2.47. The standard InChI is InChI=1S/C26H29F2N3O5/c1-14-26(7-3-2-4-8-26)13-35-19-12-30-11-17(21(32)22(33)20(30)25(34)31(14)19)23-24(36-23)29-10-15-5-6-16(27)9-18(15)28/h5-6,9,11,14,19,23-24,29,33H,2-4,7-8,10,12-13H2,1H3/t14-,19+,23?,24?/m1/s1. The molecule has 0 bridgehead atoms. The molecule has 1 spiro atoms. The van der Waals surface area contributed by atoms with Gasteiger partial charge in [0.05, 0.1) is 18.7 Å². The summed E-state index contributed by atoms with van der Waals surface area (Å²) in [6.45, 7) is 3.02. The zero-order valence-electron chi connectivity index (χ0n) is 20.0. The second-order valence-electron chi connectivity index (χ2n) is 10.4. The molecule has 2 N–H and O–H groups in total. The monoisotopic (exact) mass is 501 g/mol. The number of halogens is 2. The lowest BCUT2D eigenvalue weighted by Crippen LogP contribution is -2.64. The van der Waals surface area contributed by atoms with Crippen molar-refractivity contribution in [2.75, 3.05) is 6.61 Å². The second-order valence-corrected chi connectivity index (χ2v) is 10.4. The quantitative estimate of drug-likeness (QED) is 0.625. The number of epoxide rings is 1. The van der Waals surface area contributed by atoms with Crippen LogP contribution in [-0.4, -0.2) is 45.6 Å².